The van der Waals surface area contributed by atoms with Crippen LogP contribution in [0.2, 0.25) is 0 Å². The van der Waals surface area contributed by atoms with E-state index in [4.69, 9.17) is 5.73 Å². The van der Waals surface area contributed by atoms with Gasteiger partial charge < -0.3 is 10.6 Å². The first-order chi connectivity index (χ1) is 4.20. The molecule has 0 amide bonds. The zero-order chi connectivity index (χ0) is 7.28. The van der Waals surface area contributed by atoms with Crippen molar-refractivity contribution in [3.63, 3.8) is 0 Å². The van der Waals surface area contributed by atoms with Crippen molar-refractivity contribution in [3.05, 3.63) is 0 Å². The lowest BCUT2D eigenvalue weighted by atomic mass is 10.2. The molecular weight excluding hydrogens is 112 g/mol. The molecule has 0 rings (SSSR count). The van der Waals surface area contributed by atoms with Gasteiger partial charge in [0.05, 0.1) is 0 Å². The Labute approximate surface area is 58.0 Å². The van der Waals surface area contributed by atoms with Gasteiger partial charge in [-0.25, -0.2) is 0 Å². The van der Waals surface area contributed by atoms with Gasteiger partial charge >= 0.3 is 0 Å². The molecule has 0 fully saturated rings. The highest BCUT2D eigenvalue weighted by Crippen LogP contribution is 1.89. The first-order valence-corrected chi connectivity index (χ1v) is 3.64. The molecule has 2 N–H and O–H groups in total. The molecule has 1 unspecified atom stereocenters. The maximum atomic E-state index is 5.71. The summed E-state index contributed by atoms with van der Waals surface area (Å²) in [6, 6.07) is 0.356. The molecule has 0 aromatic rings. The van der Waals surface area contributed by atoms with E-state index < -0.39 is 0 Å². The monoisotopic (exact) mass is 130 g/mol. The summed E-state index contributed by atoms with van der Waals surface area (Å²) >= 11 is 0. The van der Waals surface area contributed by atoms with Crippen LogP contribution >= 0.6 is 0 Å². The smallest absolute Gasteiger partial charge is 0.0165 e. The molecule has 2 heteroatoms. The van der Waals surface area contributed by atoms with E-state index in [0.29, 0.717) is 6.04 Å². The average molecular weight is 130 g/mol. The second kappa shape index (κ2) is 4.77. The Hall–Kier alpha value is -0.0800. The Morgan fingerprint density at radius 3 is 2.33 bits per heavy atom. The van der Waals surface area contributed by atoms with E-state index in [9.17, 15) is 0 Å². The Morgan fingerprint density at radius 2 is 2.00 bits per heavy atom. The van der Waals surface area contributed by atoms with Gasteiger partial charge in [-0.15, -0.1) is 0 Å². The van der Waals surface area contributed by atoms with Gasteiger partial charge in [0, 0.05) is 12.6 Å². The number of hydrogen-bond donors (Lipinski definition) is 1. The minimum absolute atomic E-state index is 0.356. The molecule has 0 bridgehead atoms. The first-order valence-electron chi connectivity index (χ1n) is 3.64. The maximum Gasteiger partial charge on any atom is 0.0165 e. The molecule has 0 spiro atoms. The van der Waals surface area contributed by atoms with E-state index in [2.05, 4.69) is 25.8 Å². The fourth-order valence-corrected chi connectivity index (χ4v) is 0.659. The molecule has 0 saturated carbocycles. The van der Waals surface area contributed by atoms with Gasteiger partial charge in [-0.1, -0.05) is 13.8 Å². The summed E-state index contributed by atoms with van der Waals surface area (Å²) in [6.45, 7) is 6.37. The van der Waals surface area contributed by atoms with Gasteiger partial charge in [0.25, 0.3) is 0 Å². The van der Waals surface area contributed by atoms with Crippen LogP contribution in [0.1, 0.15) is 20.3 Å². The molecule has 1 atom stereocenters. The molecular formula is C7H18N2. The third kappa shape index (κ3) is 4.43. The maximum absolute atomic E-state index is 5.71. The summed E-state index contributed by atoms with van der Waals surface area (Å²) in [5, 5.41) is 0. The van der Waals surface area contributed by atoms with Crippen molar-refractivity contribution >= 4 is 0 Å². The van der Waals surface area contributed by atoms with Crippen LogP contribution in [0.3, 0.4) is 0 Å². The fraction of sp³-hybridized carbons (Fsp3) is 1.00. The standard InChI is InChI=1S/C7H18N2/c1-4-7(8)6-9(3)5-2/h7H,4-6,8H2,1-3H3. The van der Waals surface area contributed by atoms with Gasteiger partial charge in [0.1, 0.15) is 0 Å². The van der Waals surface area contributed by atoms with Gasteiger partial charge in [-0.3, -0.25) is 0 Å². The lowest BCUT2D eigenvalue weighted by Crippen LogP contribution is -2.34. The molecule has 0 aromatic carbocycles. The summed E-state index contributed by atoms with van der Waals surface area (Å²) < 4.78 is 0. The van der Waals surface area contributed by atoms with Crippen LogP contribution in [0.5, 0.6) is 0 Å². The van der Waals surface area contributed by atoms with E-state index >= 15 is 0 Å². The highest BCUT2D eigenvalue weighted by molar-refractivity contribution is 4.61. The predicted molar refractivity (Wildman–Crippen MR) is 41.4 cm³/mol. The Morgan fingerprint density at radius 1 is 1.44 bits per heavy atom. The lowest BCUT2D eigenvalue weighted by molar-refractivity contribution is 0.323. The van der Waals surface area contributed by atoms with Crippen LogP contribution in [-0.2, 0) is 0 Å². The second-order valence-corrected chi connectivity index (χ2v) is 2.52. The van der Waals surface area contributed by atoms with E-state index in [1.54, 1.807) is 0 Å². The van der Waals surface area contributed by atoms with Crippen LogP contribution in [0, 0.1) is 0 Å². The van der Waals surface area contributed by atoms with E-state index in [-0.39, 0.29) is 0 Å². The number of likely N-dealkylation sites (N-methyl/N-ethyl adjacent to an activating group) is 1. The molecule has 0 heterocycles. The highest BCUT2D eigenvalue weighted by atomic mass is 15.1. The molecule has 0 aliphatic rings. The van der Waals surface area contributed by atoms with Crippen molar-refractivity contribution in [3.8, 4) is 0 Å². The van der Waals surface area contributed by atoms with Gasteiger partial charge in [0.2, 0.25) is 0 Å². The van der Waals surface area contributed by atoms with Gasteiger partial charge in [-0.2, -0.15) is 0 Å². The number of nitrogens with zero attached hydrogens (tertiary/aromatic N) is 1. The summed E-state index contributed by atoms with van der Waals surface area (Å²) in [4.78, 5) is 2.23. The highest BCUT2D eigenvalue weighted by Gasteiger charge is 2.00. The minimum atomic E-state index is 0.356. The molecule has 0 aliphatic carbocycles. The van der Waals surface area contributed by atoms with Crippen molar-refractivity contribution in [2.45, 2.75) is 26.3 Å². The first kappa shape index (κ1) is 8.92. The van der Waals surface area contributed by atoms with Crippen molar-refractivity contribution in [1.82, 2.24) is 4.90 Å². The average Bonchev–Trinajstić information content (AvgIpc) is 1.87. The molecule has 0 saturated heterocycles. The third-order valence-corrected chi connectivity index (χ3v) is 1.61. The molecule has 2 nitrogen and oxygen atoms in total. The van der Waals surface area contributed by atoms with Crippen LogP contribution < -0.4 is 5.73 Å². The quantitative estimate of drug-likeness (QED) is 0.606. The topological polar surface area (TPSA) is 29.3 Å². The number of nitrogens with two attached hydrogens (primary N) is 1. The number of rotatable bonds is 4. The Kier molecular flexibility index (Phi) is 4.72. The molecule has 0 aliphatic heterocycles. The van der Waals surface area contributed by atoms with Gasteiger partial charge in [0.15, 0.2) is 0 Å². The van der Waals surface area contributed by atoms with Crippen molar-refractivity contribution in [2.75, 3.05) is 20.1 Å². The van der Waals surface area contributed by atoms with Crippen molar-refractivity contribution in [1.29, 1.82) is 0 Å². The normalized spacial score (nSPS) is 14.3. The zero-order valence-electron chi connectivity index (χ0n) is 6.72. The molecule has 9 heavy (non-hydrogen) atoms. The van der Waals surface area contributed by atoms with Crippen molar-refractivity contribution < 1.29 is 0 Å². The fourth-order valence-electron chi connectivity index (χ4n) is 0.659. The minimum Gasteiger partial charge on any atom is -0.327 e. The Balaban J connectivity index is 3.22. The van der Waals surface area contributed by atoms with Crippen molar-refractivity contribution in [2.24, 2.45) is 5.73 Å². The summed E-state index contributed by atoms with van der Waals surface area (Å²) in [5.74, 6) is 0. The van der Waals surface area contributed by atoms with Crippen LogP contribution in [0.4, 0.5) is 0 Å². The molecule has 56 valence electrons. The lowest BCUT2D eigenvalue weighted by Gasteiger charge is -2.17. The summed E-state index contributed by atoms with van der Waals surface area (Å²) in [5.41, 5.74) is 5.71. The second-order valence-electron chi connectivity index (χ2n) is 2.52. The summed E-state index contributed by atoms with van der Waals surface area (Å²) in [7, 11) is 2.09. The predicted octanol–water partition coefficient (Wildman–Crippen LogP) is 0.675. The van der Waals surface area contributed by atoms with E-state index in [1.165, 1.54) is 0 Å². The van der Waals surface area contributed by atoms with Crippen LogP contribution in [0.15, 0.2) is 0 Å². The third-order valence-electron chi connectivity index (χ3n) is 1.61. The SMILES string of the molecule is CCC(N)CN(C)CC. The summed E-state index contributed by atoms with van der Waals surface area (Å²) in [6.07, 6.45) is 1.07. The Bertz CT molecular complexity index is 55.9. The number of hydrogen-bond acceptors (Lipinski definition) is 2. The van der Waals surface area contributed by atoms with Crippen LogP contribution in [0.25, 0.3) is 0 Å². The molecule has 0 aromatic heterocycles. The molecule has 0 radical (unpaired) electrons. The van der Waals surface area contributed by atoms with Gasteiger partial charge in [-0.05, 0) is 20.0 Å². The van der Waals surface area contributed by atoms with E-state index in [1.807, 2.05) is 0 Å². The van der Waals surface area contributed by atoms with Crippen LogP contribution in [-0.4, -0.2) is 31.1 Å². The van der Waals surface area contributed by atoms with E-state index in [0.717, 1.165) is 19.5 Å². The largest absolute Gasteiger partial charge is 0.327 e. The zero-order valence-corrected chi connectivity index (χ0v) is 6.72.